The molecule has 8 N–H and O–H groups in total. The smallest absolute Gasteiger partial charge is 0.323 e. The highest BCUT2D eigenvalue weighted by atomic mass is 79.9. The second kappa shape index (κ2) is 7.51. The van der Waals surface area contributed by atoms with Gasteiger partial charge in [0, 0.05) is 11.9 Å². The summed E-state index contributed by atoms with van der Waals surface area (Å²) in [6, 6.07) is 0. The first kappa shape index (κ1) is 23.0. The summed E-state index contributed by atoms with van der Waals surface area (Å²) >= 11 is 2.70. The lowest BCUT2D eigenvalue weighted by molar-refractivity contribution is 0.209. The van der Waals surface area contributed by atoms with Crippen LogP contribution in [0.1, 0.15) is 0 Å². The third-order valence-corrected chi connectivity index (χ3v) is 9.70. The van der Waals surface area contributed by atoms with Crippen LogP contribution in [-0.4, -0.2) is 67.0 Å². The average Bonchev–Trinajstić information content (AvgIpc) is 2.06. The Morgan fingerprint density at radius 2 is 0.909 bits per heavy atom. The summed E-state index contributed by atoms with van der Waals surface area (Å²) in [5, 5.41) is -0.347. The Balaban J connectivity index is 6.39. The highest BCUT2D eigenvalue weighted by Gasteiger charge is 2.58. The van der Waals surface area contributed by atoms with E-state index < -0.39 is 48.0 Å². The fraction of sp³-hybridized carbons (Fsp3) is 1.00. The Hall–Kier alpha value is 1.04. The van der Waals surface area contributed by atoms with Crippen molar-refractivity contribution in [2.45, 2.75) is 11.0 Å². The van der Waals surface area contributed by atoms with Gasteiger partial charge in [0.05, 0.1) is 0 Å². The first-order valence-electron chi connectivity index (χ1n) is 4.96. The molecule has 0 unspecified atom stereocenters. The molecule has 18 heteroatoms. The molecule has 0 fully saturated rings. The van der Waals surface area contributed by atoms with Crippen molar-refractivity contribution in [1.29, 1.82) is 0 Å². The molecule has 13 nitrogen and oxygen atoms in total. The van der Waals surface area contributed by atoms with Crippen LogP contribution in [0, 0.1) is 0 Å². The van der Waals surface area contributed by atoms with E-state index in [-0.39, 0.29) is 10.2 Å². The van der Waals surface area contributed by atoms with Gasteiger partial charge in [-0.05, 0) is 0 Å². The number of hydrogen-bond acceptors (Lipinski definition) is 5. The summed E-state index contributed by atoms with van der Waals surface area (Å²) < 4.78 is 45.2. The first-order valence-corrected chi connectivity index (χ1v) is 12.8. The Kier molecular flexibility index (Phi) is 7.87. The molecule has 0 saturated carbocycles. The van der Waals surface area contributed by atoms with E-state index in [1.54, 1.807) is 0 Å². The summed E-state index contributed by atoms with van der Waals surface area (Å²) in [5.74, 6) is 0. The second-order valence-corrected chi connectivity index (χ2v) is 12.3. The lowest BCUT2D eigenvalue weighted by Crippen LogP contribution is -2.44. The molecule has 0 aliphatic carbocycles. The molecule has 134 valence electrons. The van der Waals surface area contributed by atoms with Crippen LogP contribution >= 0.6 is 46.3 Å². The van der Waals surface area contributed by atoms with Gasteiger partial charge in [-0.2, -0.15) is 0 Å². The van der Waals surface area contributed by atoms with E-state index in [0.29, 0.717) is 0 Å². The predicted molar refractivity (Wildman–Crippen MR) is 76.3 cm³/mol. The van der Waals surface area contributed by atoms with Crippen molar-refractivity contribution < 1.29 is 57.4 Å². The van der Waals surface area contributed by atoms with E-state index >= 15 is 0 Å². The van der Waals surface area contributed by atoms with Gasteiger partial charge >= 0.3 is 30.4 Å². The third kappa shape index (κ3) is 6.51. The van der Waals surface area contributed by atoms with Crippen molar-refractivity contribution in [2.24, 2.45) is 0 Å². The van der Waals surface area contributed by atoms with Gasteiger partial charge in [0.25, 0.3) is 0 Å². The predicted octanol–water partition coefficient (Wildman–Crippen LogP) is -1.04. The standard InChI is InChI=1S/C4H14BrNO12P4/c5-1-2-6(3(19(7,8)9)20(10,11)12)4(21(13,14)15)22(16,17)18/h3-4H,1-2H2,(H2,7,8,9)(H2,10,11,12)(H2,13,14,15)(H2,16,17,18). The fourth-order valence-electron chi connectivity index (χ4n) is 1.61. The van der Waals surface area contributed by atoms with Crippen molar-refractivity contribution in [2.75, 3.05) is 11.9 Å². The minimum Gasteiger partial charge on any atom is -0.323 e. The largest absolute Gasteiger partial charge is 0.355 e. The third-order valence-electron chi connectivity index (χ3n) is 2.14. The number of nitrogens with zero attached hydrogens (tertiary/aromatic N) is 1. The summed E-state index contributed by atoms with van der Waals surface area (Å²) in [5.41, 5.74) is -6.24. The number of rotatable bonds is 8. The number of hydrogen-bond donors (Lipinski definition) is 8. The van der Waals surface area contributed by atoms with Gasteiger partial charge in [-0.25, -0.2) is 0 Å². The number of halogens is 1. The van der Waals surface area contributed by atoms with E-state index in [1.807, 2.05) is 0 Å². The van der Waals surface area contributed by atoms with Crippen LogP contribution in [0.15, 0.2) is 0 Å². The van der Waals surface area contributed by atoms with Crippen molar-refractivity contribution in [3.63, 3.8) is 0 Å². The monoisotopic (exact) mass is 471 g/mol. The Labute approximate surface area is 132 Å². The summed E-state index contributed by atoms with van der Waals surface area (Å²) in [6.45, 7) is -0.873. The normalized spacial score (nSPS) is 15.1. The van der Waals surface area contributed by atoms with Crippen LogP contribution in [0.2, 0.25) is 0 Å². The topological polar surface area (TPSA) is 233 Å². The van der Waals surface area contributed by atoms with Crippen LogP contribution in [0.4, 0.5) is 0 Å². The molecule has 0 spiro atoms. The quantitative estimate of drug-likeness (QED) is 0.156. The maximum Gasteiger partial charge on any atom is 0.355 e. The Morgan fingerprint density at radius 3 is 1.05 bits per heavy atom. The van der Waals surface area contributed by atoms with Gasteiger partial charge in [-0.15, -0.1) is 0 Å². The molecule has 0 rings (SSSR count). The lowest BCUT2D eigenvalue weighted by atomic mass is 10.7. The summed E-state index contributed by atoms with van der Waals surface area (Å²) in [6.07, 6.45) is 0. The molecule has 0 aromatic heterocycles. The van der Waals surface area contributed by atoms with Crippen LogP contribution in [-0.2, 0) is 18.3 Å². The molecule has 0 aromatic carbocycles. The van der Waals surface area contributed by atoms with E-state index in [9.17, 15) is 18.3 Å². The maximum atomic E-state index is 11.3. The molecule has 0 aliphatic heterocycles. The van der Waals surface area contributed by atoms with Crippen LogP contribution in [0.5, 0.6) is 0 Å². The van der Waals surface area contributed by atoms with Gasteiger partial charge in [0.15, 0.2) is 0 Å². The highest BCUT2D eigenvalue weighted by molar-refractivity contribution is 9.09. The van der Waals surface area contributed by atoms with Crippen LogP contribution in [0.3, 0.4) is 0 Å². The Bertz CT molecular complexity index is 478. The zero-order valence-electron chi connectivity index (χ0n) is 10.4. The Morgan fingerprint density at radius 1 is 0.682 bits per heavy atom. The molecular weight excluding hydrogens is 458 g/mol. The maximum absolute atomic E-state index is 11.3. The average molecular weight is 472 g/mol. The van der Waals surface area contributed by atoms with Crippen molar-refractivity contribution in [3.05, 3.63) is 0 Å². The van der Waals surface area contributed by atoms with Gasteiger partial charge in [-0.1, -0.05) is 15.9 Å². The molecule has 22 heavy (non-hydrogen) atoms. The van der Waals surface area contributed by atoms with E-state index in [1.165, 1.54) is 0 Å². The number of alkyl halides is 1. The van der Waals surface area contributed by atoms with Crippen molar-refractivity contribution >= 4 is 46.3 Å². The zero-order valence-corrected chi connectivity index (χ0v) is 15.6. The minimum atomic E-state index is -5.72. The van der Waals surface area contributed by atoms with Gasteiger partial charge in [0.1, 0.15) is 0 Å². The van der Waals surface area contributed by atoms with Crippen molar-refractivity contribution in [3.8, 4) is 0 Å². The zero-order chi connectivity index (χ0) is 18.1. The molecule has 0 aromatic rings. The molecule has 0 heterocycles. The molecule has 0 radical (unpaired) electrons. The van der Waals surface area contributed by atoms with Crippen LogP contribution < -0.4 is 0 Å². The SMILES string of the molecule is O=P(O)(O)C(N(CCBr)C(P(=O)(O)O)P(=O)(O)O)P(=O)(O)O. The molecule has 0 amide bonds. The second-order valence-electron chi connectivity index (χ2n) is 3.98. The van der Waals surface area contributed by atoms with Gasteiger partial charge < -0.3 is 39.1 Å². The van der Waals surface area contributed by atoms with E-state index in [2.05, 4.69) is 15.9 Å². The molecule has 0 saturated heterocycles. The molecular formula is C4H14BrNO12P4. The minimum absolute atomic E-state index is 0.252. The molecule has 0 atom stereocenters. The summed E-state index contributed by atoms with van der Waals surface area (Å²) in [4.78, 5) is 72.1. The fourth-order valence-corrected chi connectivity index (χ4v) is 8.12. The van der Waals surface area contributed by atoms with Gasteiger partial charge in [0.2, 0.25) is 11.0 Å². The van der Waals surface area contributed by atoms with E-state index in [0.717, 1.165) is 0 Å². The highest BCUT2D eigenvalue weighted by Crippen LogP contribution is 2.68. The molecule has 0 bridgehead atoms. The summed E-state index contributed by atoms with van der Waals surface area (Å²) in [7, 11) is -22.9. The van der Waals surface area contributed by atoms with E-state index in [4.69, 9.17) is 39.1 Å². The first-order chi connectivity index (χ1) is 9.44. The van der Waals surface area contributed by atoms with Gasteiger partial charge in [-0.3, -0.25) is 23.2 Å². The molecule has 0 aliphatic rings. The van der Waals surface area contributed by atoms with Crippen molar-refractivity contribution in [1.82, 2.24) is 4.90 Å². The van der Waals surface area contributed by atoms with Crippen LogP contribution in [0.25, 0.3) is 0 Å². The lowest BCUT2D eigenvalue weighted by Gasteiger charge is -2.37.